The number of thioether (sulfide) groups is 1. The molecule has 0 saturated heterocycles. The van der Waals surface area contributed by atoms with Gasteiger partial charge < -0.3 is 10.4 Å². The van der Waals surface area contributed by atoms with Gasteiger partial charge in [0.25, 0.3) is 0 Å². The number of aromatic hydroxyl groups is 1. The van der Waals surface area contributed by atoms with Gasteiger partial charge in [-0.05, 0) is 48.4 Å². The fourth-order valence-corrected chi connectivity index (χ4v) is 2.57. The van der Waals surface area contributed by atoms with Gasteiger partial charge in [0, 0.05) is 17.5 Å². The number of phenolic OH excluding ortho intramolecular Hbond substituents is 1. The van der Waals surface area contributed by atoms with Crippen molar-refractivity contribution in [2.75, 3.05) is 12.3 Å². The Bertz CT molecular complexity index is 627. The zero-order chi connectivity index (χ0) is 15.9. The summed E-state index contributed by atoms with van der Waals surface area (Å²) < 4.78 is 26.0. The summed E-state index contributed by atoms with van der Waals surface area (Å²) in [5, 5.41) is 11.9. The van der Waals surface area contributed by atoms with Crippen molar-refractivity contribution in [3.63, 3.8) is 0 Å². The summed E-state index contributed by atoms with van der Waals surface area (Å²) in [7, 11) is 0. The van der Waals surface area contributed by atoms with Crippen LogP contribution in [0.2, 0.25) is 0 Å². The SMILES string of the molecule is O=C(CSc1ccc(O)cc1)NCCc1cc(F)cc(F)c1. The predicted molar refractivity (Wildman–Crippen MR) is 81.9 cm³/mol. The second-order valence-electron chi connectivity index (χ2n) is 4.66. The molecule has 0 unspecified atom stereocenters. The second kappa shape index (κ2) is 7.79. The minimum atomic E-state index is -0.621. The van der Waals surface area contributed by atoms with Gasteiger partial charge in [0.2, 0.25) is 5.91 Å². The summed E-state index contributed by atoms with van der Waals surface area (Å²) in [6, 6.07) is 9.88. The fourth-order valence-electron chi connectivity index (χ4n) is 1.84. The minimum Gasteiger partial charge on any atom is -0.508 e. The molecule has 0 aliphatic rings. The molecule has 0 atom stereocenters. The lowest BCUT2D eigenvalue weighted by Crippen LogP contribution is -2.27. The van der Waals surface area contributed by atoms with Gasteiger partial charge >= 0.3 is 0 Å². The van der Waals surface area contributed by atoms with Crippen molar-refractivity contribution in [1.29, 1.82) is 0 Å². The van der Waals surface area contributed by atoms with Gasteiger partial charge in [-0.2, -0.15) is 0 Å². The van der Waals surface area contributed by atoms with Gasteiger partial charge in [0.1, 0.15) is 17.4 Å². The van der Waals surface area contributed by atoms with Crippen LogP contribution in [0.4, 0.5) is 8.78 Å². The highest BCUT2D eigenvalue weighted by atomic mass is 32.2. The summed E-state index contributed by atoms with van der Waals surface area (Å²) in [5.74, 6) is -0.984. The molecule has 0 bridgehead atoms. The lowest BCUT2D eigenvalue weighted by atomic mass is 10.1. The van der Waals surface area contributed by atoms with E-state index in [0.29, 0.717) is 18.5 Å². The van der Waals surface area contributed by atoms with E-state index in [1.807, 2.05) is 0 Å². The number of hydrogen-bond acceptors (Lipinski definition) is 3. The number of hydrogen-bond donors (Lipinski definition) is 2. The van der Waals surface area contributed by atoms with E-state index in [4.69, 9.17) is 5.11 Å². The molecule has 0 spiro atoms. The van der Waals surface area contributed by atoms with E-state index in [-0.39, 0.29) is 17.4 Å². The number of halogens is 2. The first-order valence-corrected chi connectivity index (χ1v) is 7.65. The summed E-state index contributed by atoms with van der Waals surface area (Å²) in [6.45, 7) is 0.317. The van der Waals surface area contributed by atoms with Crippen molar-refractivity contribution in [2.45, 2.75) is 11.3 Å². The van der Waals surface area contributed by atoms with Crippen molar-refractivity contribution in [1.82, 2.24) is 5.32 Å². The molecule has 2 rings (SSSR count). The zero-order valence-corrected chi connectivity index (χ0v) is 12.5. The zero-order valence-electron chi connectivity index (χ0n) is 11.7. The molecule has 1 amide bonds. The molecule has 0 radical (unpaired) electrons. The Hall–Kier alpha value is -2.08. The average molecular weight is 323 g/mol. The molecular formula is C16H15F2NO2S. The molecule has 3 nitrogen and oxygen atoms in total. The maximum absolute atomic E-state index is 13.0. The van der Waals surface area contributed by atoms with Crippen LogP contribution < -0.4 is 5.32 Å². The number of rotatable bonds is 6. The first-order chi connectivity index (χ1) is 10.5. The smallest absolute Gasteiger partial charge is 0.230 e. The van der Waals surface area contributed by atoms with Gasteiger partial charge in [-0.25, -0.2) is 8.78 Å². The van der Waals surface area contributed by atoms with Crippen molar-refractivity contribution < 1.29 is 18.7 Å². The summed E-state index contributed by atoms with van der Waals surface area (Å²) in [6.07, 6.45) is 0.365. The van der Waals surface area contributed by atoms with Crippen LogP contribution in [-0.2, 0) is 11.2 Å². The van der Waals surface area contributed by atoms with Crippen LogP contribution in [0, 0.1) is 11.6 Å². The highest BCUT2D eigenvalue weighted by Gasteiger charge is 2.04. The third kappa shape index (κ3) is 5.37. The Morgan fingerprint density at radius 3 is 2.36 bits per heavy atom. The third-order valence-electron chi connectivity index (χ3n) is 2.86. The molecule has 2 N–H and O–H groups in total. The van der Waals surface area contributed by atoms with E-state index in [1.54, 1.807) is 24.3 Å². The van der Waals surface area contributed by atoms with Gasteiger partial charge in [0.05, 0.1) is 5.75 Å². The molecule has 0 aromatic heterocycles. The molecule has 6 heteroatoms. The normalized spacial score (nSPS) is 10.5. The topological polar surface area (TPSA) is 49.3 Å². The Morgan fingerprint density at radius 1 is 1.09 bits per heavy atom. The number of nitrogens with one attached hydrogen (secondary N) is 1. The number of carbonyl (C=O) groups is 1. The number of amides is 1. The van der Waals surface area contributed by atoms with Crippen LogP contribution in [0.1, 0.15) is 5.56 Å². The van der Waals surface area contributed by atoms with Crippen LogP contribution in [0.25, 0.3) is 0 Å². The van der Waals surface area contributed by atoms with E-state index < -0.39 is 11.6 Å². The standard InChI is InChI=1S/C16H15F2NO2S/c17-12-7-11(8-13(18)9-12)5-6-19-16(21)10-22-15-3-1-14(20)2-4-15/h1-4,7-9,20H,5-6,10H2,(H,19,21). The lowest BCUT2D eigenvalue weighted by Gasteiger charge is -2.06. The second-order valence-corrected chi connectivity index (χ2v) is 5.71. The van der Waals surface area contributed by atoms with Crippen LogP contribution in [0.15, 0.2) is 47.4 Å². The van der Waals surface area contributed by atoms with Gasteiger partial charge in [-0.1, -0.05) is 0 Å². The Balaban J connectivity index is 1.72. The van der Waals surface area contributed by atoms with Crippen LogP contribution in [0.3, 0.4) is 0 Å². The molecule has 0 aliphatic carbocycles. The van der Waals surface area contributed by atoms with Gasteiger partial charge in [-0.3, -0.25) is 4.79 Å². The van der Waals surface area contributed by atoms with E-state index in [2.05, 4.69) is 5.32 Å². The average Bonchev–Trinajstić information content (AvgIpc) is 2.46. The molecule has 0 heterocycles. The fraction of sp³-hybridized carbons (Fsp3) is 0.188. The first-order valence-electron chi connectivity index (χ1n) is 6.66. The summed E-state index contributed by atoms with van der Waals surface area (Å²) in [4.78, 5) is 12.6. The third-order valence-corrected chi connectivity index (χ3v) is 3.88. The molecule has 0 aliphatic heterocycles. The Labute approximate surface area is 131 Å². The molecule has 0 fully saturated rings. The van der Waals surface area contributed by atoms with Crippen molar-refractivity contribution >= 4 is 17.7 Å². The molecule has 116 valence electrons. The van der Waals surface area contributed by atoms with Crippen LogP contribution >= 0.6 is 11.8 Å². The summed E-state index contributed by atoms with van der Waals surface area (Å²) in [5.41, 5.74) is 0.504. The van der Waals surface area contributed by atoms with Crippen molar-refractivity contribution in [3.8, 4) is 5.75 Å². The van der Waals surface area contributed by atoms with E-state index in [0.717, 1.165) is 11.0 Å². The van der Waals surface area contributed by atoms with E-state index in [1.165, 1.54) is 23.9 Å². The predicted octanol–water partition coefficient (Wildman–Crippen LogP) is 3.12. The van der Waals surface area contributed by atoms with Crippen LogP contribution in [0.5, 0.6) is 5.75 Å². The highest BCUT2D eigenvalue weighted by Crippen LogP contribution is 2.20. The molecule has 2 aromatic rings. The minimum absolute atomic E-state index is 0.157. The largest absolute Gasteiger partial charge is 0.508 e. The van der Waals surface area contributed by atoms with E-state index >= 15 is 0 Å². The van der Waals surface area contributed by atoms with Gasteiger partial charge in [0.15, 0.2) is 0 Å². The Kier molecular flexibility index (Phi) is 5.77. The maximum atomic E-state index is 13.0. The monoisotopic (exact) mass is 323 g/mol. The molecular weight excluding hydrogens is 308 g/mol. The number of carbonyl (C=O) groups excluding carboxylic acids is 1. The number of phenols is 1. The van der Waals surface area contributed by atoms with Crippen LogP contribution in [-0.4, -0.2) is 23.3 Å². The highest BCUT2D eigenvalue weighted by molar-refractivity contribution is 8.00. The maximum Gasteiger partial charge on any atom is 0.230 e. The molecule has 22 heavy (non-hydrogen) atoms. The number of benzene rings is 2. The van der Waals surface area contributed by atoms with Crippen molar-refractivity contribution in [2.24, 2.45) is 0 Å². The quantitative estimate of drug-likeness (QED) is 0.803. The Morgan fingerprint density at radius 2 is 1.73 bits per heavy atom. The lowest BCUT2D eigenvalue weighted by molar-refractivity contribution is -0.118. The molecule has 2 aromatic carbocycles. The molecule has 0 saturated carbocycles. The first kappa shape index (κ1) is 16.3. The van der Waals surface area contributed by atoms with E-state index in [9.17, 15) is 13.6 Å². The van der Waals surface area contributed by atoms with Gasteiger partial charge in [-0.15, -0.1) is 11.8 Å². The van der Waals surface area contributed by atoms with Crippen molar-refractivity contribution in [3.05, 3.63) is 59.7 Å². The summed E-state index contributed by atoms with van der Waals surface area (Å²) >= 11 is 1.35.